The Balaban J connectivity index is 2.00. The van der Waals surface area contributed by atoms with Crippen molar-refractivity contribution in [3.8, 4) is 11.4 Å². The van der Waals surface area contributed by atoms with Crippen LogP contribution in [0.15, 0.2) is 60.7 Å². The molecule has 0 saturated carbocycles. The van der Waals surface area contributed by atoms with E-state index in [-0.39, 0.29) is 5.41 Å². The fourth-order valence-corrected chi connectivity index (χ4v) is 2.71. The van der Waals surface area contributed by atoms with Gasteiger partial charge < -0.3 is 4.74 Å². The molecule has 0 unspecified atom stereocenters. The summed E-state index contributed by atoms with van der Waals surface area (Å²) in [7, 11) is 1.66. The average molecular weight is 384 g/mol. The second-order valence-electron chi connectivity index (χ2n) is 7.27. The van der Waals surface area contributed by atoms with Crippen molar-refractivity contribution in [2.75, 3.05) is 11.9 Å². The molecule has 3 aromatic rings. The van der Waals surface area contributed by atoms with E-state index in [2.05, 4.69) is 20.8 Å². The highest BCUT2D eigenvalue weighted by Gasteiger charge is 2.25. The number of rotatable bonds is 3. The number of nitrogens with zero attached hydrogens (tertiary/aromatic N) is 3. The topological polar surface area (TPSA) is 47.4 Å². The number of amides is 1. The predicted molar refractivity (Wildman–Crippen MR) is 108 cm³/mol. The second kappa shape index (κ2) is 7.45. The van der Waals surface area contributed by atoms with Gasteiger partial charge in [0.1, 0.15) is 11.6 Å². The van der Waals surface area contributed by atoms with Crippen LogP contribution in [0.5, 0.6) is 5.75 Å². The lowest BCUT2D eigenvalue weighted by Crippen LogP contribution is -2.31. The molecule has 1 heterocycles. The predicted octanol–water partition coefficient (Wildman–Crippen LogP) is 5.46. The summed E-state index contributed by atoms with van der Waals surface area (Å²) in [5.74, 6) is 1.09. The number of anilines is 1. The first-order chi connectivity index (χ1) is 12.8. The lowest BCUT2D eigenvalue weighted by Gasteiger charge is -2.18. The summed E-state index contributed by atoms with van der Waals surface area (Å²) < 4.78 is 7.17. The first-order valence-corrected chi connectivity index (χ1v) is 9.00. The van der Waals surface area contributed by atoms with Gasteiger partial charge in [-0.3, -0.25) is 4.90 Å². The van der Waals surface area contributed by atoms with Crippen molar-refractivity contribution < 1.29 is 9.53 Å². The molecule has 0 bridgehead atoms. The molecule has 0 atom stereocenters. The summed E-state index contributed by atoms with van der Waals surface area (Å²) in [4.78, 5) is 14.1. The summed E-state index contributed by atoms with van der Waals surface area (Å²) in [6.07, 6.45) is -0.496. The molecule has 0 fully saturated rings. The van der Waals surface area contributed by atoms with E-state index < -0.39 is 6.09 Å². The Morgan fingerprint density at radius 1 is 1.07 bits per heavy atom. The van der Waals surface area contributed by atoms with Crippen LogP contribution in [-0.2, 0) is 5.41 Å². The molecule has 0 aliphatic heterocycles. The maximum atomic E-state index is 12.7. The average Bonchev–Trinajstić information content (AvgIpc) is 3.07. The number of carbonyl (C=O) groups excluding carboxylic acids is 1. The van der Waals surface area contributed by atoms with Crippen LogP contribution in [0, 0.1) is 0 Å². The Morgan fingerprint density at radius 3 is 2.41 bits per heavy atom. The fourth-order valence-electron chi connectivity index (χ4n) is 2.53. The minimum absolute atomic E-state index is 0.178. The van der Waals surface area contributed by atoms with Gasteiger partial charge in [0.15, 0.2) is 0 Å². The summed E-state index contributed by atoms with van der Waals surface area (Å²) in [6, 6.07) is 18.2. The highest BCUT2D eigenvalue weighted by Crippen LogP contribution is 2.29. The van der Waals surface area contributed by atoms with E-state index in [1.54, 1.807) is 36.0 Å². The van der Waals surface area contributed by atoms with E-state index in [1.165, 1.54) is 4.90 Å². The van der Waals surface area contributed by atoms with Gasteiger partial charge >= 0.3 is 6.09 Å². The molecule has 5 nitrogen and oxygen atoms in total. The molecular weight excluding hydrogens is 362 g/mol. The minimum atomic E-state index is -0.496. The monoisotopic (exact) mass is 383 g/mol. The van der Waals surface area contributed by atoms with E-state index in [0.29, 0.717) is 16.6 Å². The molecule has 140 valence electrons. The number of hydrogen-bond donors (Lipinski definition) is 0. The van der Waals surface area contributed by atoms with Crippen LogP contribution in [0.3, 0.4) is 0 Å². The highest BCUT2D eigenvalue weighted by molar-refractivity contribution is 6.30. The Labute approximate surface area is 164 Å². The van der Waals surface area contributed by atoms with Gasteiger partial charge in [-0.25, -0.2) is 9.48 Å². The highest BCUT2D eigenvalue weighted by atomic mass is 35.5. The molecular formula is C21H22ClN3O2. The lowest BCUT2D eigenvalue weighted by atomic mass is 9.92. The SMILES string of the molecule is CN(C(=O)Oc1ccccc1)c1cc(C(C)(C)C)nn1-c1cccc(Cl)c1. The molecule has 6 heteroatoms. The van der Waals surface area contributed by atoms with Crippen molar-refractivity contribution in [3.05, 3.63) is 71.4 Å². The molecule has 0 saturated heterocycles. The van der Waals surface area contributed by atoms with Crippen molar-refractivity contribution in [2.24, 2.45) is 0 Å². The second-order valence-corrected chi connectivity index (χ2v) is 7.71. The Kier molecular flexibility index (Phi) is 5.24. The first kappa shape index (κ1) is 19.0. The van der Waals surface area contributed by atoms with Crippen LogP contribution in [0.25, 0.3) is 5.69 Å². The Morgan fingerprint density at radius 2 is 1.78 bits per heavy atom. The number of hydrogen-bond acceptors (Lipinski definition) is 3. The van der Waals surface area contributed by atoms with Gasteiger partial charge in [0.05, 0.1) is 11.4 Å². The molecule has 2 aromatic carbocycles. The van der Waals surface area contributed by atoms with Crippen LogP contribution in [0.4, 0.5) is 10.6 Å². The van der Waals surface area contributed by atoms with Crippen LogP contribution < -0.4 is 9.64 Å². The largest absolute Gasteiger partial charge is 0.420 e. The summed E-state index contributed by atoms with van der Waals surface area (Å²) >= 11 is 6.15. The maximum Gasteiger partial charge on any atom is 0.420 e. The number of para-hydroxylation sites is 1. The summed E-state index contributed by atoms with van der Waals surface area (Å²) in [5, 5.41) is 5.31. The number of aromatic nitrogens is 2. The third-order valence-corrected chi connectivity index (χ3v) is 4.31. The van der Waals surface area contributed by atoms with Crippen molar-refractivity contribution in [3.63, 3.8) is 0 Å². The molecule has 0 aliphatic rings. The standard InChI is InChI=1S/C21H22ClN3O2/c1-21(2,3)18-14-19(25(23-18)16-10-8-9-15(22)13-16)24(4)20(26)27-17-11-6-5-7-12-17/h5-14H,1-4H3. The third kappa shape index (κ3) is 4.31. The zero-order chi connectivity index (χ0) is 19.6. The molecule has 27 heavy (non-hydrogen) atoms. The van der Waals surface area contributed by atoms with Crippen molar-refractivity contribution >= 4 is 23.5 Å². The molecule has 3 rings (SSSR count). The van der Waals surface area contributed by atoms with Gasteiger partial charge in [0.2, 0.25) is 0 Å². The minimum Gasteiger partial charge on any atom is -0.410 e. The molecule has 0 spiro atoms. The van der Waals surface area contributed by atoms with Crippen molar-refractivity contribution in [2.45, 2.75) is 26.2 Å². The van der Waals surface area contributed by atoms with E-state index in [4.69, 9.17) is 21.4 Å². The smallest absolute Gasteiger partial charge is 0.410 e. The number of carbonyl (C=O) groups is 1. The molecule has 0 N–H and O–H groups in total. The molecule has 1 amide bonds. The lowest BCUT2D eigenvalue weighted by molar-refractivity contribution is 0.208. The van der Waals surface area contributed by atoms with Crippen LogP contribution in [0.1, 0.15) is 26.5 Å². The van der Waals surface area contributed by atoms with Crippen molar-refractivity contribution in [1.82, 2.24) is 9.78 Å². The zero-order valence-electron chi connectivity index (χ0n) is 15.8. The summed E-state index contributed by atoms with van der Waals surface area (Å²) in [6.45, 7) is 6.22. The van der Waals surface area contributed by atoms with Crippen LogP contribution in [0.2, 0.25) is 5.02 Å². The Bertz CT molecular complexity index is 946. The number of ether oxygens (including phenoxy) is 1. The number of benzene rings is 2. The van der Waals surface area contributed by atoms with Gasteiger partial charge in [-0.05, 0) is 30.3 Å². The molecule has 0 radical (unpaired) electrons. The van der Waals surface area contributed by atoms with Gasteiger partial charge in [-0.15, -0.1) is 0 Å². The third-order valence-electron chi connectivity index (χ3n) is 4.08. The normalized spacial score (nSPS) is 11.3. The maximum absolute atomic E-state index is 12.7. The molecule has 0 aliphatic carbocycles. The number of halogens is 1. The van der Waals surface area contributed by atoms with E-state index in [0.717, 1.165) is 11.4 Å². The molecule has 1 aromatic heterocycles. The van der Waals surface area contributed by atoms with Gasteiger partial charge in [-0.1, -0.05) is 56.6 Å². The van der Waals surface area contributed by atoms with Gasteiger partial charge in [0, 0.05) is 23.6 Å². The summed E-state index contributed by atoms with van der Waals surface area (Å²) in [5.41, 5.74) is 1.45. The Hall–Kier alpha value is -2.79. The first-order valence-electron chi connectivity index (χ1n) is 8.63. The van der Waals surface area contributed by atoms with Crippen molar-refractivity contribution in [1.29, 1.82) is 0 Å². The van der Waals surface area contributed by atoms with Gasteiger partial charge in [-0.2, -0.15) is 5.10 Å². The quantitative estimate of drug-likeness (QED) is 0.603. The van der Waals surface area contributed by atoms with Crippen LogP contribution >= 0.6 is 11.6 Å². The van der Waals surface area contributed by atoms with E-state index >= 15 is 0 Å². The van der Waals surface area contributed by atoms with E-state index in [9.17, 15) is 4.79 Å². The van der Waals surface area contributed by atoms with Crippen LogP contribution in [-0.4, -0.2) is 22.9 Å². The zero-order valence-corrected chi connectivity index (χ0v) is 16.6. The van der Waals surface area contributed by atoms with Gasteiger partial charge in [0.25, 0.3) is 0 Å². The fraction of sp³-hybridized carbons (Fsp3) is 0.238. The van der Waals surface area contributed by atoms with E-state index in [1.807, 2.05) is 36.4 Å².